The second kappa shape index (κ2) is 13.4. The maximum Gasteiger partial charge on any atom is 0.373 e. The smallest absolute Gasteiger partial charge is 0.373 e. The minimum atomic E-state index is -0.610. The number of nitrogens with zero attached hydrogens (tertiary/aromatic N) is 1. The number of carbonyl (C=O) groups excluding carboxylic acids is 1. The minimum absolute atomic E-state index is 0.297. The molecule has 0 amide bonds. The SMILES string of the molecule is CC=C(O)C(=O)OCCC[N+](CCCC)(CCCC)CCCC. The Labute approximate surface area is 143 Å². The number of esters is 1. The van der Waals surface area contributed by atoms with Crippen LogP contribution in [0.4, 0.5) is 0 Å². The maximum atomic E-state index is 11.5. The Bertz CT molecular complexity index is 318. The number of hydrogen-bond acceptors (Lipinski definition) is 3. The maximum absolute atomic E-state index is 11.5. The summed E-state index contributed by atoms with van der Waals surface area (Å²) >= 11 is 0. The molecule has 0 spiro atoms. The highest BCUT2D eigenvalue weighted by molar-refractivity contribution is 5.85. The second-order valence-electron chi connectivity index (χ2n) is 6.46. The van der Waals surface area contributed by atoms with Gasteiger partial charge in [0.25, 0.3) is 0 Å². The first-order chi connectivity index (χ1) is 11.0. The fourth-order valence-electron chi connectivity index (χ4n) is 2.91. The molecule has 23 heavy (non-hydrogen) atoms. The molecule has 4 heteroatoms. The summed E-state index contributed by atoms with van der Waals surface area (Å²) in [6.45, 7) is 13.5. The standard InChI is InChI=1S/C19H37NO3/c1-5-9-13-20(14-10-6-2,15-11-7-3)16-12-17-23-19(22)18(21)8-4/h8H,5-7,9-17H2,1-4H3/p+1. The molecule has 0 heterocycles. The van der Waals surface area contributed by atoms with Crippen LogP contribution in [0, 0.1) is 0 Å². The third-order valence-electron chi connectivity index (χ3n) is 4.45. The number of carbonyl (C=O) groups is 1. The number of allylic oxidation sites excluding steroid dienone is 1. The topological polar surface area (TPSA) is 46.5 Å². The van der Waals surface area contributed by atoms with Crippen LogP contribution in [0.3, 0.4) is 0 Å². The van der Waals surface area contributed by atoms with E-state index in [1.807, 2.05) is 0 Å². The fraction of sp³-hybridized carbons (Fsp3) is 0.842. The molecule has 0 aliphatic heterocycles. The molecule has 0 atom stereocenters. The number of hydrogen-bond donors (Lipinski definition) is 1. The number of unbranched alkanes of at least 4 members (excludes halogenated alkanes) is 3. The molecule has 0 rings (SSSR count). The Morgan fingerprint density at radius 3 is 1.74 bits per heavy atom. The Morgan fingerprint density at radius 2 is 1.35 bits per heavy atom. The molecule has 136 valence electrons. The van der Waals surface area contributed by atoms with Crippen molar-refractivity contribution in [2.75, 3.05) is 32.8 Å². The summed E-state index contributed by atoms with van der Waals surface area (Å²) < 4.78 is 6.29. The third-order valence-corrected chi connectivity index (χ3v) is 4.45. The molecule has 0 bridgehead atoms. The second-order valence-corrected chi connectivity index (χ2v) is 6.46. The van der Waals surface area contributed by atoms with E-state index in [2.05, 4.69) is 20.8 Å². The van der Waals surface area contributed by atoms with E-state index in [1.165, 1.54) is 64.2 Å². The van der Waals surface area contributed by atoms with Crippen molar-refractivity contribution in [3.63, 3.8) is 0 Å². The largest absolute Gasteiger partial charge is 0.502 e. The number of quaternary nitrogens is 1. The van der Waals surface area contributed by atoms with Gasteiger partial charge in [-0.25, -0.2) is 4.79 Å². The van der Waals surface area contributed by atoms with Crippen LogP contribution < -0.4 is 0 Å². The van der Waals surface area contributed by atoms with E-state index in [9.17, 15) is 9.90 Å². The van der Waals surface area contributed by atoms with Crippen molar-refractivity contribution >= 4 is 5.97 Å². The number of ether oxygens (including phenoxy) is 1. The zero-order valence-electron chi connectivity index (χ0n) is 15.8. The normalized spacial score (nSPS) is 12.4. The first-order valence-electron chi connectivity index (χ1n) is 9.42. The summed E-state index contributed by atoms with van der Waals surface area (Å²) in [7, 11) is 0. The molecule has 0 aromatic rings. The van der Waals surface area contributed by atoms with Gasteiger partial charge in [-0.05, 0) is 32.3 Å². The van der Waals surface area contributed by atoms with Crippen molar-refractivity contribution in [3.05, 3.63) is 11.8 Å². The van der Waals surface area contributed by atoms with Crippen LogP contribution in [0.15, 0.2) is 11.8 Å². The monoisotopic (exact) mass is 328 g/mol. The highest BCUT2D eigenvalue weighted by atomic mass is 16.5. The molecule has 1 N–H and O–H groups in total. The first kappa shape index (κ1) is 22.0. The van der Waals surface area contributed by atoms with Gasteiger partial charge >= 0.3 is 5.97 Å². The summed E-state index contributed by atoms with van der Waals surface area (Å²) in [5, 5.41) is 9.32. The van der Waals surface area contributed by atoms with Gasteiger partial charge in [-0.15, -0.1) is 0 Å². The van der Waals surface area contributed by atoms with E-state index in [0.717, 1.165) is 17.4 Å². The van der Waals surface area contributed by atoms with Gasteiger partial charge in [0.2, 0.25) is 0 Å². The lowest BCUT2D eigenvalue weighted by Gasteiger charge is -2.39. The molecule has 0 unspecified atom stereocenters. The Hall–Kier alpha value is -1.03. The fourth-order valence-corrected chi connectivity index (χ4v) is 2.91. The lowest BCUT2D eigenvalue weighted by Crippen LogP contribution is -2.51. The van der Waals surface area contributed by atoms with Crippen molar-refractivity contribution in [3.8, 4) is 0 Å². The molecule has 0 aliphatic carbocycles. The van der Waals surface area contributed by atoms with Gasteiger partial charge in [-0.3, -0.25) is 0 Å². The van der Waals surface area contributed by atoms with Gasteiger partial charge in [0.05, 0.1) is 32.8 Å². The van der Waals surface area contributed by atoms with E-state index in [1.54, 1.807) is 6.92 Å². The Balaban J connectivity index is 4.54. The summed E-state index contributed by atoms with van der Waals surface area (Å²) in [5.74, 6) is -0.907. The van der Waals surface area contributed by atoms with Crippen LogP contribution in [0.5, 0.6) is 0 Å². The lowest BCUT2D eigenvalue weighted by atomic mass is 10.1. The van der Waals surface area contributed by atoms with Crippen molar-refractivity contribution in [1.29, 1.82) is 0 Å². The highest BCUT2D eigenvalue weighted by Crippen LogP contribution is 2.16. The van der Waals surface area contributed by atoms with Crippen LogP contribution in [0.2, 0.25) is 0 Å². The predicted octanol–water partition coefficient (Wildman–Crippen LogP) is 4.60. The van der Waals surface area contributed by atoms with Crippen molar-refractivity contribution in [1.82, 2.24) is 0 Å². The number of rotatable bonds is 14. The van der Waals surface area contributed by atoms with Crippen molar-refractivity contribution < 1.29 is 19.1 Å². The summed E-state index contributed by atoms with van der Waals surface area (Å²) in [6, 6.07) is 0. The van der Waals surface area contributed by atoms with Gasteiger partial charge in [0, 0.05) is 6.42 Å². The highest BCUT2D eigenvalue weighted by Gasteiger charge is 2.25. The van der Waals surface area contributed by atoms with Crippen LogP contribution in [-0.2, 0) is 9.53 Å². The van der Waals surface area contributed by atoms with Gasteiger partial charge in [-0.1, -0.05) is 40.0 Å². The quantitative estimate of drug-likeness (QED) is 0.167. The zero-order chi connectivity index (χ0) is 17.6. The third kappa shape index (κ3) is 9.65. The molecule has 0 saturated heterocycles. The van der Waals surface area contributed by atoms with E-state index in [0.29, 0.717) is 6.61 Å². The molecule has 4 nitrogen and oxygen atoms in total. The van der Waals surface area contributed by atoms with Gasteiger partial charge < -0.3 is 14.3 Å². The molecule has 0 saturated carbocycles. The Morgan fingerprint density at radius 1 is 0.913 bits per heavy atom. The summed E-state index contributed by atoms with van der Waals surface area (Å²) in [5.41, 5.74) is 0. The lowest BCUT2D eigenvalue weighted by molar-refractivity contribution is -0.929. The van der Waals surface area contributed by atoms with Gasteiger partial charge in [0.1, 0.15) is 0 Å². The average Bonchev–Trinajstić information content (AvgIpc) is 2.58. The molecule has 0 radical (unpaired) electrons. The summed E-state index contributed by atoms with van der Waals surface area (Å²) in [6.07, 6.45) is 9.67. The molecular formula is C19H38NO3+. The molecule has 0 aromatic carbocycles. The molecule has 0 aromatic heterocycles. The average molecular weight is 329 g/mol. The van der Waals surface area contributed by atoms with Crippen LogP contribution in [0.25, 0.3) is 0 Å². The zero-order valence-corrected chi connectivity index (χ0v) is 15.8. The van der Waals surface area contributed by atoms with Crippen LogP contribution in [0.1, 0.15) is 72.6 Å². The van der Waals surface area contributed by atoms with E-state index < -0.39 is 5.97 Å². The van der Waals surface area contributed by atoms with Crippen molar-refractivity contribution in [2.45, 2.75) is 72.6 Å². The number of aliphatic hydroxyl groups excluding tert-OH is 1. The molecular weight excluding hydrogens is 290 g/mol. The van der Waals surface area contributed by atoms with Crippen LogP contribution >= 0.6 is 0 Å². The molecule has 0 aliphatic rings. The number of aliphatic hydroxyl groups is 1. The Kier molecular flexibility index (Phi) is 12.8. The van der Waals surface area contributed by atoms with Gasteiger partial charge in [0.15, 0.2) is 5.76 Å². The van der Waals surface area contributed by atoms with E-state index >= 15 is 0 Å². The van der Waals surface area contributed by atoms with E-state index in [-0.39, 0.29) is 5.76 Å². The van der Waals surface area contributed by atoms with Crippen LogP contribution in [-0.4, -0.2) is 48.3 Å². The minimum Gasteiger partial charge on any atom is -0.502 e. The predicted molar refractivity (Wildman–Crippen MR) is 96.4 cm³/mol. The summed E-state index contributed by atoms with van der Waals surface area (Å²) in [4.78, 5) is 11.5. The van der Waals surface area contributed by atoms with E-state index in [4.69, 9.17) is 4.74 Å². The van der Waals surface area contributed by atoms with Gasteiger partial charge in [-0.2, -0.15) is 0 Å². The first-order valence-corrected chi connectivity index (χ1v) is 9.42. The van der Waals surface area contributed by atoms with Crippen molar-refractivity contribution in [2.24, 2.45) is 0 Å². The molecule has 0 fully saturated rings.